The number of carbonyl (C=O) groups excluding carboxylic acids is 1. The molecule has 0 bridgehead atoms. The Kier molecular flexibility index (Phi) is 6.34. The molecule has 0 spiro atoms. The lowest BCUT2D eigenvalue weighted by molar-refractivity contribution is -0.384. The highest BCUT2D eigenvalue weighted by Gasteiger charge is 2.23. The van der Waals surface area contributed by atoms with E-state index in [1.54, 1.807) is 24.4 Å². The number of nitro benzene ring substituents is 1. The van der Waals surface area contributed by atoms with Gasteiger partial charge in [-0.3, -0.25) is 14.9 Å². The van der Waals surface area contributed by atoms with Gasteiger partial charge in [0.15, 0.2) is 0 Å². The predicted molar refractivity (Wildman–Crippen MR) is 137 cm³/mol. The molecule has 0 radical (unpaired) electrons. The Morgan fingerprint density at radius 1 is 1.09 bits per heavy atom. The van der Waals surface area contributed by atoms with E-state index in [0.717, 1.165) is 31.9 Å². The van der Waals surface area contributed by atoms with Gasteiger partial charge in [0.25, 0.3) is 11.6 Å². The number of nitrogens with one attached hydrogen (secondary N) is 2. The van der Waals surface area contributed by atoms with Crippen LogP contribution in [-0.4, -0.2) is 58.9 Å². The minimum atomic E-state index is -0.458. The summed E-state index contributed by atoms with van der Waals surface area (Å²) in [6.45, 7) is 4.13. The molecule has 178 valence electrons. The molecule has 11 heteroatoms. The number of rotatable bonds is 5. The van der Waals surface area contributed by atoms with E-state index in [2.05, 4.69) is 49.6 Å². The minimum absolute atomic E-state index is 0.00160. The van der Waals surface area contributed by atoms with E-state index in [4.69, 9.17) is 0 Å². The van der Waals surface area contributed by atoms with Gasteiger partial charge in [-0.05, 0) is 55.1 Å². The summed E-state index contributed by atoms with van der Waals surface area (Å²) < 4.78 is 0. The van der Waals surface area contributed by atoms with Crippen molar-refractivity contribution < 1.29 is 9.72 Å². The highest BCUT2D eigenvalue weighted by molar-refractivity contribution is 8.04. The number of nitro groups is 1. The van der Waals surface area contributed by atoms with Crippen molar-refractivity contribution >= 4 is 52.4 Å². The van der Waals surface area contributed by atoms with Crippen molar-refractivity contribution in [1.82, 2.24) is 14.9 Å². The highest BCUT2D eigenvalue weighted by Crippen LogP contribution is 2.38. The van der Waals surface area contributed by atoms with Crippen LogP contribution in [0.25, 0.3) is 6.08 Å². The normalized spacial score (nSPS) is 17.1. The molecule has 5 rings (SSSR count). The Morgan fingerprint density at radius 2 is 1.80 bits per heavy atom. The maximum Gasteiger partial charge on any atom is 0.269 e. The van der Waals surface area contributed by atoms with E-state index in [1.165, 1.54) is 29.6 Å². The van der Waals surface area contributed by atoms with E-state index >= 15 is 0 Å². The number of amides is 1. The van der Waals surface area contributed by atoms with Crippen LogP contribution in [0.2, 0.25) is 0 Å². The fourth-order valence-corrected chi connectivity index (χ4v) is 4.71. The first-order valence-electron chi connectivity index (χ1n) is 11.1. The second-order valence-corrected chi connectivity index (χ2v) is 9.32. The van der Waals surface area contributed by atoms with Crippen molar-refractivity contribution in [2.45, 2.75) is 5.03 Å². The summed E-state index contributed by atoms with van der Waals surface area (Å²) in [5, 5.41) is 17.5. The van der Waals surface area contributed by atoms with Gasteiger partial charge in [0.1, 0.15) is 5.03 Å². The van der Waals surface area contributed by atoms with E-state index in [9.17, 15) is 14.9 Å². The molecule has 2 aromatic carbocycles. The molecule has 1 fully saturated rings. The van der Waals surface area contributed by atoms with Gasteiger partial charge in [0, 0.05) is 49.7 Å². The lowest BCUT2D eigenvalue weighted by atomic mass is 10.2. The largest absolute Gasteiger partial charge is 0.369 e. The molecule has 2 aliphatic rings. The molecule has 35 heavy (non-hydrogen) atoms. The zero-order valence-electron chi connectivity index (χ0n) is 19.0. The van der Waals surface area contributed by atoms with Crippen LogP contribution in [0.5, 0.6) is 0 Å². The maximum absolute atomic E-state index is 12.5. The van der Waals surface area contributed by atoms with Crippen molar-refractivity contribution in [1.29, 1.82) is 0 Å². The van der Waals surface area contributed by atoms with Gasteiger partial charge in [-0.2, -0.15) is 0 Å². The molecule has 1 aromatic heterocycles. The van der Waals surface area contributed by atoms with Crippen molar-refractivity contribution in [3.05, 3.63) is 75.3 Å². The third-order valence-corrected chi connectivity index (χ3v) is 6.85. The van der Waals surface area contributed by atoms with Gasteiger partial charge in [-0.1, -0.05) is 11.8 Å². The number of piperazine rings is 1. The van der Waals surface area contributed by atoms with Gasteiger partial charge < -0.3 is 20.4 Å². The number of aromatic nitrogens is 2. The molecule has 3 aromatic rings. The average Bonchev–Trinajstić information content (AvgIpc) is 2.86. The molecule has 0 aliphatic carbocycles. The van der Waals surface area contributed by atoms with Gasteiger partial charge >= 0.3 is 0 Å². The van der Waals surface area contributed by atoms with Crippen LogP contribution < -0.4 is 15.5 Å². The molecule has 2 N–H and O–H groups in total. The molecular weight excluding hydrogens is 466 g/mol. The first-order valence-corrected chi connectivity index (χ1v) is 11.9. The fourth-order valence-electron chi connectivity index (χ4n) is 3.81. The Balaban J connectivity index is 1.29. The van der Waals surface area contributed by atoms with E-state index in [1.807, 2.05) is 12.1 Å². The Hall–Kier alpha value is -3.96. The lowest BCUT2D eigenvalue weighted by Crippen LogP contribution is -2.44. The van der Waals surface area contributed by atoms with Crippen LogP contribution in [0.1, 0.15) is 5.56 Å². The van der Waals surface area contributed by atoms with E-state index in [-0.39, 0.29) is 11.6 Å². The molecule has 10 nitrogen and oxygen atoms in total. The topological polar surface area (TPSA) is 117 Å². The lowest BCUT2D eigenvalue weighted by Gasteiger charge is -2.34. The summed E-state index contributed by atoms with van der Waals surface area (Å²) in [7, 11) is 2.14. The first kappa shape index (κ1) is 22.8. The number of carbonyl (C=O) groups is 1. The number of anilines is 4. The standard InChI is InChI=1S/C24H23N7O3S/c1-29-10-12-30(13-11-29)18-8-4-17(5-9-18)26-24-25-15-20-23(28-24)35-21(22(32)27-20)14-16-2-6-19(7-3-16)31(33)34/h2-9,14-15H,10-13H2,1H3,(H,27,32)(H,25,26,28). The second kappa shape index (κ2) is 9.72. The van der Waals surface area contributed by atoms with Crippen LogP contribution in [0, 0.1) is 10.1 Å². The van der Waals surface area contributed by atoms with Gasteiger partial charge in [0.05, 0.1) is 21.7 Å². The molecule has 0 unspecified atom stereocenters. The average molecular weight is 490 g/mol. The Bertz CT molecular complexity index is 1290. The van der Waals surface area contributed by atoms with Crippen LogP contribution in [-0.2, 0) is 4.79 Å². The number of thioether (sulfide) groups is 1. The van der Waals surface area contributed by atoms with Crippen molar-refractivity contribution in [2.24, 2.45) is 0 Å². The molecule has 3 heterocycles. The molecule has 2 aliphatic heterocycles. The summed E-state index contributed by atoms with van der Waals surface area (Å²) >= 11 is 1.23. The van der Waals surface area contributed by atoms with Crippen molar-refractivity contribution in [3.63, 3.8) is 0 Å². The first-order chi connectivity index (χ1) is 16.9. The van der Waals surface area contributed by atoms with E-state index < -0.39 is 4.92 Å². The zero-order valence-corrected chi connectivity index (χ0v) is 19.8. The number of benzene rings is 2. The van der Waals surface area contributed by atoms with Crippen molar-refractivity contribution in [3.8, 4) is 0 Å². The summed E-state index contributed by atoms with van der Waals surface area (Å²) in [5.41, 5.74) is 3.28. The van der Waals surface area contributed by atoms with Crippen LogP contribution in [0.3, 0.4) is 0 Å². The Morgan fingerprint density at radius 3 is 2.49 bits per heavy atom. The highest BCUT2D eigenvalue weighted by atomic mass is 32.2. The smallest absolute Gasteiger partial charge is 0.269 e. The molecular formula is C24H23N7O3S. The number of hydrogen-bond acceptors (Lipinski definition) is 9. The summed E-state index contributed by atoms with van der Waals surface area (Å²) in [5.74, 6) is 0.152. The van der Waals surface area contributed by atoms with Gasteiger partial charge in [0.2, 0.25) is 5.95 Å². The number of likely N-dealkylation sites (N-methyl/N-ethyl adjacent to an activating group) is 1. The summed E-state index contributed by atoms with van der Waals surface area (Å²) in [4.78, 5) is 36.9. The quantitative estimate of drug-likeness (QED) is 0.238. The fraction of sp³-hybridized carbons (Fsp3) is 0.208. The minimum Gasteiger partial charge on any atom is -0.369 e. The number of fused-ring (bicyclic) bond motifs is 1. The van der Waals surface area contributed by atoms with Gasteiger partial charge in [-0.25, -0.2) is 9.97 Å². The molecule has 0 atom stereocenters. The van der Waals surface area contributed by atoms with Crippen LogP contribution in [0.15, 0.2) is 64.7 Å². The van der Waals surface area contributed by atoms with Crippen LogP contribution >= 0.6 is 11.8 Å². The van der Waals surface area contributed by atoms with E-state index in [0.29, 0.717) is 27.1 Å². The monoisotopic (exact) mass is 489 g/mol. The third-order valence-electron chi connectivity index (χ3n) is 5.83. The van der Waals surface area contributed by atoms with Gasteiger partial charge in [-0.15, -0.1) is 0 Å². The third kappa shape index (κ3) is 5.26. The maximum atomic E-state index is 12.5. The summed E-state index contributed by atoms with van der Waals surface area (Å²) in [6.07, 6.45) is 3.26. The number of nitrogens with zero attached hydrogens (tertiary/aromatic N) is 5. The Labute approximate surface area is 206 Å². The molecule has 0 saturated carbocycles. The predicted octanol–water partition coefficient (Wildman–Crippen LogP) is 3.97. The molecule has 1 saturated heterocycles. The second-order valence-electron chi connectivity index (χ2n) is 8.29. The molecule has 1 amide bonds. The number of non-ortho nitro benzene ring substituents is 1. The summed E-state index contributed by atoms with van der Waals surface area (Å²) in [6, 6.07) is 14.2. The number of hydrogen-bond donors (Lipinski definition) is 2. The van der Waals surface area contributed by atoms with Crippen LogP contribution in [0.4, 0.5) is 28.7 Å². The van der Waals surface area contributed by atoms with Crippen molar-refractivity contribution in [2.75, 3.05) is 48.8 Å². The zero-order chi connectivity index (χ0) is 24.4. The SMILES string of the molecule is CN1CCN(c2ccc(Nc3ncc4c(n3)SC(=Cc3ccc([N+](=O)[O-])cc3)C(=O)N4)cc2)CC1.